The summed E-state index contributed by atoms with van der Waals surface area (Å²) >= 11 is 0. The number of rotatable bonds is 7. The topological polar surface area (TPSA) is 77.0 Å². The predicted molar refractivity (Wildman–Crippen MR) is 103 cm³/mol. The number of hydrogen-bond acceptors (Lipinski definition) is 4. The van der Waals surface area contributed by atoms with E-state index >= 15 is 0 Å². The lowest BCUT2D eigenvalue weighted by molar-refractivity contribution is -0.0496. The van der Waals surface area contributed by atoms with Crippen molar-refractivity contribution in [3.05, 3.63) is 0 Å². The lowest BCUT2D eigenvalue weighted by atomic mass is 9.98. The molecule has 0 radical (unpaired) electrons. The van der Waals surface area contributed by atoms with Crippen LogP contribution in [0.15, 0.2) is 4.99 Å². The first-order valence-corrected chi connectivity index (χ1v) is 11.3. The first kappa shape index (κ1) is 23.2. The van der Waals surface area contributed by atoms with E-state index in [2.05, 4.69) is 27.4 Å². The van der Waals surface area contributed by atoms with E-state index in [1.807, 2.05) is 0 Å². The molecule has 2 aliphatic rings. The van der Waals surface area contributed by atoms with Gasteiger partial charge in [-0.25, -0.2) is 8.42 Å². The zero-order chi connectivity index (χ0) is 20.8. The van der Waals surface area contributed by atoms with Crippen LogP contribution < -0.4 is 10.6 Å². The highest BCUT2D eigenvalue weighted by Gasteiger charge is 2.50. The zero-order valence-corrected chi connectivity index (χ0v) is 17.4. The second-order valence-electron chi connectivity index (χ2n) is 7.74. The Morgan fingerprint density at radius 3 is 2.29 bits per heavy atom. The maximum absolute atomic E-state index is 12.6. The van der Waals surface area contributed by atoms with Crippen molar-refractivity contribution in [2.45, 2.75) is 38.1 Å². The zero-order valence-electron chi connectivity index (χ0n) is 16.6. The van der Waals surface area contributed by atoms with Crippen molar-refractivity contribution in [1.82, 2.24) is 19.8 Å². The summed E-state index contributed by atoms with van der Waals surface area (Å²) in [5.41, 5.74) is -5.23. The summed E-state index contributed by atoms with van der Waals surface area (Å²) < 4.78 is 61.3. The third-order valence-electron chi connectivity index (χ3n) is 5.37. The predicted octanol–water partition coefficient (Wildman–Crippen LogP) is 1.44. The molecule has 28 heavy (non-hydrogen) atoms. The molecule has 2 aliphatic heterocycles. The van der Waals surface area contributed by atoms with Crippen molar-refractivity contribution < 1.29 is 21.6 Å². The molecule has 7 nitrogen and oxygen atoms in total. The molecule has 164 valence electrons. The van der Waals surface area contributed by atoms with Crippen LogP contribution in [-0.4, -0.2) is 82.0 Å². The molecule has 0 saturated carbocycles. The van der Waals surface area contributed by atoms with Crippen molar-refractivity contribution in [3.63, 3.8) is 0 Å². The molecule has 1 unspecified atom stereocenters. The maximum atomic E-state index is 12.6. The summed E-state index contributed by atoms with van der Waals surface area (Å²) in [6.07, 6.45) is 3.33. The minimum Gasteiger partial charge on any atom is -0.356 e. The first-order chi connectivity index (χ1) is 13.1. The van der Waals surface area contributed by atoms with Crippen LogP contribution in [0.2, 0.25) is 0 Å². The van der Waals surface area contributed by atoms with Crippen molar-refractivity contribution in [3.8, 4) is 0 Å². The van der Waals surface area contributed by atoms with Gasteiger partial charge in [0, 0.05) is 39.8 Å². The Labute approximate surface area is 165 Å². The molecule has 2 heterocycles. The molecule has 2 fully saturated rings. The van der Waals surface area contributed by atoms with E-state index in [0.29, 0.717) is 35.6 Å². The lowest BCUT2D eigenvalue weighted by Crippen LogP contribution is -2.47. The molecule has 0 spiro atoms. The molecule has 2 rings (SSSR count). The van der Waals surface area contributed by atoms with Gasteiger partial charge in [0.15, 0.2) is 5.96 Å². The summed E-state index contributed by atoms with van der Waals surface area (Å²) in [7, 11) is -3.53. The van der Waals surface area contributed by atoms with Gasteiger partial charge in [0.05, 0.1) is 0 Å². The molecule has 1 atom stereocenters. The minimum absolute atomic E-state index is 0.104. The smallest absolute Gasteiger partial charge is 0.356 e. The van der Waals surface area contributed by atoms with E-state index < -0.39 is 15.5 Å². The van der Waals surface area contributed by atoms with Gasteiger partial charge in [0.25, 0.3) is 0 Å². The number of nitrogens with one attached hydrogen (secondary N) is 2. The van der Waals surface area contributed by atoms with Gasteiger partial charge in [-0.05, 0) is 50.6 Å². The molecular formula is C17H32F3N5O2S. The second kappa shape index (κ2) is 10.1. The Bertz CT molecular complexity index is 613. The highest BCUT2D eigenvalue weighted by molar-refractivity contribution is 7.90. The summed E-state index contributed by atoms with van der Waals surface area (Å²) in [6.45, 7) is 6.71. The minimum atomic E-state index is -5.23. The van der Waals surface area contributed by atoms with Crippen LogP contribution in [0.3, 0.4) is 0 Å². The maximum Gasteiger partial charge on any atom is 0.511 e. The first-order valence-electron chi connectivity index (χ1n) is 9.86. The Hall–Kier alpha value is -1.07. The summed E-state index contributed by atoms with van der Waals surface area (Å²) in [5, 5.41) is 6.50. The number of likely N-dealkylation sites (tertiary alicyclic amines) is 1. The fourth-order valence-electron chi connectivity index (χ4n) is 3.70. The molecule has 0 aromatic heterocycles. The quantitative estimate of drug-likeness (QED) is 0.475. The van der Waals surface area contributed by atoms with Crippen LogP contribution in [-0.2, 0) is 10.0 Å². The average molecular weight is 428 g/mol. The SMILES string of the molecule is CN=C(NCC(C)CN1CCCC1)NCC1CCN(S(=O)(=O)C(F)(F)F)CC1. The number of sulfonamides is 1. The van der Waals surface area contributed by atoms with Crippen LogP contribution in [0.25, 0.3) is 0 Å². The van der Waals surface area contributed by atoms with Gasteiger partial charge in [-0.15, -0.1) is 0 Å². The Morgan fingerprint density at radius 2 is 1.75 bits per heavy atom. The average Bonchev–Trinajstić information content (AvgIpc) is 3.14. The molecule has 0 aromatic carbocycles. The molecule has 0 amide bonds. The van der Waals surface area contributed by atoms with Gasteiger partial charge in [-0.3, -0.25) is 4.99 Å². The number of hydrogen-bond donors (Lipinski definition) is 2. The lowest BCUT2D eigenvalue weighted by Gasteiger charge is -2.31. The van der Waals surface area contributed by atoms with Crippen LogP contribution >= 0.6 is 0 Å². The van der Waals surface area contributed by atoms with Crippen molar-refractivity contribution in [2.75, 3.05) is 52.9 Å². The summed E-state index contributed by atoms with van der Waals surface area (Å²) in [4.78, 5) is 6.65. The van der Waals surface area contributed by atoms with Crippen LogP contribution in [0.1, 0.15) is 32.6 Å². The van der Waals surface area contributed by atoms with Gasteiger partial charge in [0.2, 0.25) is 0 Å². The standard InChI is InChI=1S/C17H32F3N5O2S/c1-14(13-24-7-3-4-8-24)11-22-16(21-2)23-12-15-5-9-25(10-6-15)28(26,27)17(18,19)20/h14-15H,3-13H2,1-2H3,(H2,21,22,23). The van der Waals surface area contributed by atoms with E-state index in [0.717, 1.165) is 13.1 Å². The number of alkyl halides is 3. The van der Waals surface area contributed by atoms with Gasteiger partial charge < -0.3 is 15.5 Å². The van der Waals surface area contributed by atoms with E-state index in [4.69, 9.17) is 0 Å². The van der Waals surface area contributed by atoms with Gasteiger partial charge in [-0.2, -0.15) is 17.5 Å². The van der Waals surface area contributed by atoms with Crippen molar-refractivity contribution in [1.29, 1.82) is 0 Å². The second-order valence-corrected chi connectivity index (χ2v) is 9.67. The molecule has 0 bridgehead atoms. The fraction of sp³-hybridized carbons (Fsp3) is 0.941. The number of halogens is 3. The van der Waals surface area contributed by atoms with E-state index in [1.165, 1.54) is 25.9 Å². The third kappa shape index (κ3) is 6.48. The number of nitrogens with zero attached hydrogens (tertiary/aromatic N) is 3. The van der Waals surface area contributed by atoms with Crippen LogP contribution in [0, 0.1) is 11.8 Å². The largest absolute Gasteiger partial charge is 0.511 e. The van der Waals surface area contributed by atoms with E-state index in [1.54, 1.807) is 7.05 Å². The third-order valence-corrected chi connectivity index (χ3v) is 7.00. The summed E-state index contributed by atoms with van der Waals surface area (Å²) in [5.74, 6) is 1.26. The normalized spacial score (nSPS) is 22.4. The number of guanidine groups is 1. The van der Waals surface area contributed by atoms with Gasteiger partial charge in [0.1, 0.15) is 0 Å². The molecule has 2 N–H and O–H groups in total. The Balaban J connectivity index is 1.68. The number of aliphatic imine (C=N–C) groups is 1. The molecule has 0 aliphatic carbocycles. The van der Waals surface area contributed by atoms with Crippen LogP contribution in [0.5, 0.6) is 0 Å². The Morgan fingerprint density at radius 1 is 1.14 bits per heavy atom. The molecule has 2 saturated heterocycles. The van der Waals surface area contributed by atoms with Crippen molar-refractivity contribution >= 4 is 16.0 Å². The monoisotopic (exact) mass is 427 g/mol. The summed E-state index contributed by atoms with van der Waals surface area (Å²) in [6, 6.07) is 0. The van der Waals surface area contributed by atoms with E-state index in [-0.39, 0.29) is 19.0 Å². The van der Waals surface area contributed by atoms with Gasteiger partial charge >= 0.3 is 15.5 Å². The highest BCUT2D eigenvalue weighted by atomic mass is 32.2. The molecular weight excluding hydrogens is 395 g/mol. The Kier molecular flexibility index (Phi) is 8.38. The van der Waals surface area contributed by atoms with Crippen LogP contribution in [0.4, 0.5) is 13.2 Å². The fourth-order valence-corrected chi connectivity index (χ4v) is 4.69. The van der Waals surface area contributed by atoms with Crippen molar-refractivity contribution in [2.24, 2.45) is 16.8 Å². The molecule has 0 aromatic rings. The van der Waals surface area contributed by atoms with E-state index in [9.17, 15) is 21.6 Å². The van der Waals surface area contributed by atoms with Gasteiger partial charge in [-0.1, -0.05) is 6.92 Å². The highest BCUT2D eigenvalue weighted by Crippen LogP contribution is 2.30. The molecule has 11 heteroatoms. The number of piperidine rings is 1.